The van der Waals surface area contributed by atoms with Gasteiger partial charge in [0.25, 0.3) is 0 Å². The summed E-state index contributed by atoms with van der Waals surface area (Å²) < 4.78 is 17.5. The molecule has 1 atom stereocenters. The van der Waals surface area contributed by atoms with Gasteiger partial charge in [0.05, 0.1) is 30.1 Å². The summed E-state index contributed by atoms with van der Waals surface area (Å²) in [6.07, 6.45) is 7.08. The number of anilines is 3. The van der Waals surface area contributed by atoms with E-state index in [-0.39, 0.29) is 12.0 Å². The second-order valence-corrected chi connectivity index (χ2v) is 9.22. The molecule has 200 valence electrons. The van der Waals surface area contributed by atoms with Gasteiger partial charge in [-0.05, 0) is 42.5 Å². The summed E-state index contributed by atoms with van der Waals surface area (Å²) >= 11 is 0. The molecule has 0 radical (unpaired) electrons. The van der Waals surface area contributed by atoms with Crippen LogP contribution < -0.4 is 20.1 Å². The zero-order chi connectivity index (χ0) is 27.0. The molecule has 0 unspecified atom stereocenters. The van der Waals surface area contributed by atoms with E-state index in [1.54, 1.807) is 17.3 Å². The van der Waals surface area contributed by atoms with E-state index in [0.717, 1.165) is 28.9 Å². The first kappa shape index (κ1) is 25.9. The van der Waals surface area contributed by atoms with Crippen LogP contribution in [0.1, 0.15) is 12.1 Å². The van der Waals surface area contributed by atoms with E-state index in [0.29, 0.717) is 42.6 Å². The molecule has 39 heavy (non-hydrogen) atoms. The van der Waals surface area contributed by atoms with Crippen LogP contribution in [-0.2, 0) is 16.1 Å². The second-order valence-electron chi connectivity index (χ2n) is 9.22. The topological polar surface area (TPSA) is 111 Å². The number of pyridine rings is 1. The molecule has 10 heteroatoms. The maximum atomic E-state index is 12.6. The number of hydrogen-bond donors (Lipinski definition) is 2. The summed E-state index contributed by atoms with van der Waals surface area (Å²) in [4.78, 5) is 27.6. The fraction of sp³-hybridized carbons (Fsp3) is 0.241. The van der Waals surface area contributed by atoms with Gasteiger partial charge in [0.2, 0.25) is 5.91 Å². The van der Waals surface area contributed by atoms with Gasteiger partial charge >= 0.3 is 0 Å². The normalized spacial score (nSPS) is 14.9. The van der Waals surface area contributed by atoms with Crippen LogP contribution in [0.4, 0.5) is 17.2 Å². The summed E-state index contributed by atoms with van der Waals surface area (Å²) in [6, 6.07) is 17.0. The van der Waals surface area contributed by atoms with Crippen molar-refractivity contribution in [2.75, 3.05) is 37.9 Å². The van der Waals surface area contributed by atoms with Crippen molar-refractivity contribution in [2.24, 2.45) is 0 Å². The molecule has 0 aliphatic carbocycles. The molecule has 1 aliphatic rings. The average molecular weight is 527 g/mol. The van der Waals surface area contributed by atoms with Gasteiger partial charge in [0.15, 0.2) is 0 Å². The van der Waals surface area contributed by atoms with Crippen LogP contribution >= 0.6 is 0 Å². The van der Waals surface area contributed by atoms with Crippen LogP contribution in [0.25, 0.3) is 10.9 Å². The third-order valence-electron chi connectivity index (χ3n) is 5.93. The third kappa shape index (κ3) is 6.99. The minimum absolute atomic E-state index is 0.0896. The molecule has 3 heterocycles. The molecule has 2 aromatic carbocycles. The highest BCUT2D eigenvalue weighted by Crippen LogP contribution is 2.35. The van der Waals surface area contributed by atoms with E-state index in [1.165, 1.54) is 12.4 Å². The van der Waals surface area contributed by atoms with E-state index in [1.807, 2.05) is 68.7 Å². The lowest BCUT2D eigenvalue weighted by molar-refractivity contribution is -0.112. The predicted octanol–water partition coefficient (Wildman–Crippen LogP) is 4.53. The Labute approximate surface area is 226 Å². The highest BCUT2D eigenvalue weighted by atomic mass is 16.5. The van der Waals surface area contributed by atoms with E-state index in [2.05, 4.69) is 25.6 Å². The molecule has 0 saturated carbocycles. The van der Waals surface area contributed by atoms with Gasteiger partial charge in [-0.2, -0.15) is 0 Å². The van der Waals surface area contributed by atoms with Gasteiger partial charge in [-0.15, -0.1) is 0 Å². The van der Waals surface area contributed by atoms with Gasteiger partial charge in [0, 0.05) is 56.1 Å². The first-order valence-corrected chi connectivity index (χ1v) is 12.6. The molecule has 1 amide bonds. The Morgan fingerprint density at radius 2 is 2.00 bits per heavy atom. The number of amides is 1. The Morgan fingerprint density at radius 3 is 2.74 bits per heavy atom. The standard InChI is InChI=1S/C29H30N6O4/c1-35(2)13-10-28(36)34-26-15-24-25(16-27(26)39-23-11-14-37-18-23)31-19-32-29(24)33-20-6-8-22(9-7-20)38-17-21-5-3-4-12-30-21/h3-10,12-13,15-16,19,23H,11,14,17-18H2,1-2H3,(H,34,36)(H,31,32,33)/b13-10+/t23-/m1/s1. The molecule has 1 aliphatic heterocycles. The number of nitrogens with one attached hydrogen (secondary N) is 2. The van der Waals surface area contributed by atoms with Gasteiger partial charge < -0.3 is 29.7 Å². The number of hydrogen-bond acceptors (Lipinski definition) is 9. The highest BCUT2D eigenvalue weighted by Gasteiger charge is 2.20. The number of nitrogens with zero attached hydrogens (tertiary/aromatic N) is 4. The number of rotatable bonds is 10. The Kier molecular flexibility index (Phi) is 8.13. The van der Waals surface area contributed by atoms with Crippen LogP contribution in [-0.4, -0.2) is 59.2 Å². The molecule has 1 fully saturated rings. The molecule has 2 aromatic heterocycles. The van der Waals surface area contributed by atoms with E-state index in [9.17, 15) is 4.79 Å². The largest absolute Gasteiger partial charge is 0.487 e. The van der Waals surface area contributed by atoms with Gasteiger partial charge in [0.1, 0.15) is 36.4 Å². The van der Waals surface area contributed by atoms with Gasteiger partial charge in [-0.3, -0.25) is 9.78 Å². The Balaban J connectivity index is 1.37. The maximum absolute atomic E-state index is 12.6. The molecule has 1 saturated heterocycles. The van der Waals surface area contributed by atoms with E-state index in [4.69, 9.17) is 14.2 Å². The predicted molar refractivity (Wildman–Crippen MR) is 149 cm³/mol. The fourth-order valence-electron chi connectivity index (χ4n) is 3.97. The summed E-state index contributed by atoms with van der Waals surface area (Å²) in [5.41, 5.74) is 2.89. The lowest BCUT2D eigenvalue weighted by atomic mass is 10.1. The number of aromatic nitrogens is 3. The third-order valence-corrected chi connectivity index (χ3v) is 5.93. The van der Waals surface area contributed by atoms with Crippen molar-refractivity contribution in [1.82, 2.24) is 19.9 Å². The molecular weight excluding hydrogens is 496 g/mol. The van der Waals surface area contributed by atoms with Crippen LogP contribution in [0.2, 0.25) is 0 Å². The van der Waals surface area contributed by atoms with Crippen molar-refractivity contribution in [3.63, 3.8) is 0 Å². The van der Waals surface area contributed by atoms with Crippen molar-refractivity contribution < 1.29 is 19.0 Å². The molecular formula is C29H30N6O4. The van der Waals surface area contributed by atoms with Crippen molar-refractivity contribution in [3.05, 3.63) is 85.1 Å². The lowest BCUT2D eigenvalue weighted by Crippen LogP contribution is -2.18. The van der Waals surface area contributed by atoms with Gasteiger partial charge in [-0.25, -0.2) is 9.97 Å². The van der Waals surface area contributed by atoms with Crippen LogP contribution in [0.3, 0.4) is 0 Å². The van der Waals surface area contributed by atoms with Crippen molar-refractivity contribution in [1.29, 1.82) is 0 Å². The first-order chi connectivity index (χ1) is 19.0. The smallest absolute Gasteiger partial charge is 0.249 e. The monoisotopic (exact) mass is 526 g/mol. The van der Waals surface area contributed by atoms with Crippen LogP contribution in [0, 0.1) is 0 Å². The highest BCUT2D eigenvalue weighted by molar-refractivity contribution is 6.03. The fourth-order valence-corrected chi connectivity index (χ4v) is 3.97. The van der Waals surface area contributed by atoms with Crippen molar-refractivity contribution >= 4 is 34.0 Å². The molecule has 0 spiro atoms. The number of ether oxygens (including phenoxy) is 3. The molecule has 0 bridgehead atoms. The van der Waals surface area contributed by atoms with Gasteiger partial charge in [-0.1, -0.05) is 6.07 Å². The lowest BCUT2D eigenvalue weighted by Gasteiger charge is -2.18. The minimum atomic E-state index is -0.275. The number of benzene rings is 2. The summed E-state index contributed by atoms with van der Waals surface area (Å²) in [6.45, 7) is 1.54. The quantitative estimate of drug-likeness (QED) is 0.288. The summed E-state index contributed by atoms with van der Waals surface area (Å²) in [5.74, 6) is 1.58. The van der Waals surface area contributed by atoms with Crippen molar-refractivity contribution in [3.8, 4) is 11.5 Å². The van der Waals surface area contributed by atoms with E-state index < -0.39 is 0 Å². The summed E-state index contributed by atoms with van der Waals surface area (Å²) in [5, 5.41) is 7.01. The van der Waals surface area contributed by atoms with E-state index >= 15 is 0 Å². The SMILES string of the molecule is CN(C)/C=C/C(=O)Nc1cc2c(Nc3ccc(OCc4ccccn4)cc3)ncnc2cc1O[C@@H]1CCOC1. The molecule has 10 nitrogen and oxygen atoms in total. The van der Waals surface area contributed by atoms with Crippen LogP contribution in [0.15, 0.2) is 79.4 Å². The minimum Gasteiger partial charge on any atom is -0.487 e. The second kappa shape index (κ2) is 12.2. The molecule has 2 N–H and O–H groups in total. The maximum Gasteiger partial charge on any atom is 0.249 e. The van der Waals surface area contributed by atoms with Crippen LogP contribution in [0.5, 0.6) is 11.5 Å². The van der Waals surface area contributed by atoms with Crippen molar-refractivity contribution in [2.45, 2.75) is 19.1 Å². The molecule has 4 aromatic rings. The number of carbonyl (C=O) groups is 1. The number of carbonyl (C=O) groups excluding carboxylic acids is 1. The zero-order valence-corrected chi connectivity index (χ0v) is 21.8. The molecule has 5 rings (SSSR count). The Bertz CT molecular complexity index is 1440. The first-order valence-electron chi connectivity index (χ1n) is 12.6. The Hall–Kier alpha value is -4.70. The number of fused-ring (bicyclic) bond motifs is 1. The average Bonchev–Trinajstić information content (AvgIpc) is 3.46. The summed E-state index contributed by atoms with van der Waals surface area (Å²) in [7, 11) is 3.70. The Morgan fingerprint density at radius 1 is 1.13 bits per heavy atom. The zero-order valence-electron chi connectivity index (χ0n) is 21.8.